The number of nitrogens with two attached hydrogens (primary N) is 1. The normalized spacial score (nSPS) is 12.6. The standard InChI is InChI=1S/C12H12F6N2O/c13-11(14,15)9(12(16,17)18)10(21)20-6-8-4-2-1-3-7(8)5-19/h1-4,9H,5-6,19H2,(H,20,21). The van der Waals surface area contributed by atoms with Crippen LogP contribution in [0.5, 0.6) is 0 Å². The van der Waals surface area contributed by atoms with Gasteiger partial charge in [-0.2, -0.15) is 26.3 Å². The summed E-state index contributed by atoms with van der Waals surface area (Å²) in [5.74, 6) is -6.18. The fraction of sp³-hybridized carbons (Fsp3) is 0.417. The summed E-state index contributed by atoms with van der Waals surface area (Å²) >= 11 is 0. The van der Waals surface area contributed by atoms with Gasteiger partial charge in [-0.05, 0) is 11.1 Å². The van der Waals surface area contributed by atoms with E-state index in [1.54, 1.807) is 17.4 Å². The number of nitrogens with one attached hydrogen (secondary N) is 1. The lowest BCUT2D eigenvalue weighted by Gasteiger charge is -2.22. The number of amides is 1. The highest BCUT2D eigenvalue weighted by Gasteiger charge is 2.61. The first-order valence-electron chi connectivity index (χ1n) is 5.75. The van der Waals surface area contributed by atoms with Gasteiger partial charge < -0.3 is 11.1 Å². The topological polar surface area (TPSA) is 55.1 Å². The third kappa shape index (κ3) is 4.62. The van der Waals surface area contributed by atoms with Gasteiger partial charge in [-0.25, -0.2) is 0 Å². The van der Waals surface area contributed by atoms with Crippen LogP contribution < -0.4 is 11.1 Å². The van der Waals surface area contributed by atoms with E-state index in [1.807, 2.05) is 0 Å². The van der Waals surface area contributed by atoms with Crippen LogP contribution in [0.2, 0.25) is 0 Å². The molecule has 0 fully saturated rings. The lowest BCUT2D eigenvalue weighted by Crippen LogP contribution is -2.47. The van der Waals surface area contributed by atoms with Gasteiger partial charge in [0.05, 0.1) is 0 Å². The Morgan fingerprint density at radius 2 is 1.52 bits per heavy atom. The first-order valence-corrected chi connectivity index (χ1v) is 5.75. The van der Waals surface area contributed by atoms with Crippen LogP contribution in [-0.2, 0) is 17.9 Å². The molecule has 0 saturated heterocycles. The van der Waals surface area contributed by atoms with Crippen LogP contribution >= 0.6 is 0 Å². The number of alkyl halides is 6. The lowest BCUT2D eigenvalue weighted by molar-refractivity contribution is -0.274. The van der Waals surface area contributed by atoms with Gasteiger partial charge in [0.1, 0.15) is 0 Å². The molecular formula is C12H12F6N2O. The molecular weight excluding hydrogens is 302 g/mol. The Balaban J connectivity index is 2.84. The van der Waals surface area contributed by atoms with Crippen LogP contribution in [0.3, 0.4) is 0 Å². The quantitative estimate of drug-likeness (QED) is 0.839. The first-order chi connectivity index (χ1) is 9.57. The van der Waals surface area contributed by atoms with Crippen molar-refractivity contribution in [2.45, 2.75) is 25.4 Å². The maximum atomic E-state index is 12.3. The second kappa shape index (κ2) is 6.33. The van der Waals surface area contributed by atoms with Gasteiger partial charge in [0.25, 0.3) is 0 Å². The van der Waals surface area contributed by atoms with Crippen LogP contribution in [0.1, 0.15) is 11.1 Å². The summed E-state index contributed by atoms with van der Waals surface area (Å²) in [5, 5.41) is 1.65. The number of hydrogen-bond donors (Lipinski definition) is 2. The molecule has 0 atom stereocenters. The molecule has 1 aromatic carbocycles. The first kappa shape index (κ1) is 17.3. The minimum atomic E-state index is -5.70. The molecule has 3 nitrogen and oxygen atoms in total. The molecule has 1 amide bonds. The minimum Gasteiger partial charge on any atom is -0.351 e. The van der Waals surface area contributed by atoms with Crippen molar-refractivity contribution >= 4 is 5.91 Å². The highest BCUT2D eigenvalue weighted by molar-refractivity contribution is 5.80. The van der Waals surface area contributed by atoms with E-state index in [4.69, 9.17) is 5.73 Å². The molecule has 1 rings (SSSR count). The fourth-order valence-corrected chi connectivity index (χ4v) is 1.70. The average molecular weight is 314 g/mol. The SMILES string of the molecule is NCc1ccccc1CNC(=O)C(C(F)(F)F)C(F)(F)F. The lowest BCUT2D eigenvalue weighted by atomic mass is 10.1. The van der Waals surface area contributed by atoms with Gasteiger partial charge >= 0.3 is 12.4 Å². The largest absolute Gasteiger partial charge is 0.409 e. The Hall–Kier alpha value is -1.77. The molecule has 0 aromatic heterocycles. The molecule has 0 bridgehead atoms. The van der Waals surface area contributed by atoms with E-state index < -0.39 is 30.7 Å². The second-order valence-corrected chi connectivity index (χ2v) is 4.21. The third-order valence-corrected chi connectivity index (χ3v) is 2.71. The van der Waals surface area contributed by atoms with E-state index in [-0.39, 0.29) is 6.54 Å². The molecule has 118 valence electrons. The number of hydrogen-bond acceptors (Lipinski definition) is 2. The molecule has 0 radical (unpaired) electrons. The number of benzene rings is 1. The summed E-state index contributed by atoms with van der Waals surface area (Å²) < 4.78 is 74.0. The molecule has 0 aliphatic heterocycles. The van der Waals surface area contributed by atoms with Crippen molar-refractivity contribution in [1.82, 2.24) is 5.32 Å². The third-order valence-electron chi connectivity index (χ3n) is 2.71. The predicted octanol–water partition coefficient (Wildman–Crippen LogP) is 2.50. The monoisotopic (exact) mass is 314 g/mol. The summed E-state index contributed by atoms with van der Waals surface area (Å²) in [6, 6.07) is 6.17. The molecule has 0 heterocycles. The van der Waals surface area contributed by atoms with Crippen molar-refractivity contribution in [1.29, 1.82) is 0 Å². The van der Waals surface area contributed by atoms with Crippen LogP contribution in [0, 0.1) is 5.92 Å². The Labute approximate surface area is 116 Å². The minimum absolute atomic E-state index is 0.0496. The zero-order chi connectivity index (χ0) is 16.3. The van der Waals surface area contributed by atoms with Gasteiger partial charge in [-0.1, -0.05) is 24.3 Å². The van der Waals surface area contributed by atoms with E-state index in [0.29, 0.717) is 11.1 Å². The van der Waals surface area contributed by atoms with E-state index in [2.05, 4.69) is 0 Å². The van der Waals surface area contributed by atoms with Gasteiger partial charge in [0.2, 0.25) is 11.8 Å². The van der Waals surface area contributed by atoms with Crippen molar-refractivity contribution in [3.63, 3.8) is 0 Å². The number of rotatable bonds is 4. The van der Waals surface area contributed by atoms with Gasteiger partial charge in [-0.3, -0.25) is 4.79 Å². The maximum absolute atomic E-state index is 12.3. The zero-order valence-electron chi connectivity index (χ0n) is 10.6. The van der Waals surface area contributed by atoms with Crippen molar-refractivity contribution < 1.29 is 31.1 Å². The summed E-state index contributed by atoms with van der Waals surface area (Å²) in [6.45, 7) is -0.414. The summed E-state index contributed by atoms with van der Waals surface area (Å²) in [5.41, 5.74) is 6.26. The highest BCUT2D eigenvalue weighted by Crippen LogP contribution is 2.39. The van der Waals surface area contributed by atoms with E-state index in [1.165, 1.54) is 12.1 Å². The number of carbonyl (C=O) groups excluding carboxylic acids is 1. The highest BCUT2D eigenvalue weighted by atomic mass is 19.4. The van der Waals surface area contributed by atoms with Crippen molar-refractivity contribution in [2.75, 3.05) is 0 Å². The average Bonchev–Trinajstić information content (AvgIpc) is 2.33. The van der Waals surface area contributed by atoms with E-state index in [9.17, 15) is 31.1 Å². The molecule has 1 aromatic rings. The second-order valence-electron chi connectivity index (χ2n) is 4.21. The van der Waals surface area contributed by atoms with Crippen LogP contribution in [0.15, 0.2) is 24.3 Å². The molecule has 0 saturated carbocycles. The van der Waals surface area contributed by atoms with Crippen LogP contribution in [0.4, 0.5) is 26.3 Å². The Morgan fingerprint density at radius 1 is 1.05 bits per heavy atom. The van der Waals surface area contributed by atoms with Crippen molar-refractivity contribution in [2.24, 2.45) is 11.7 Å². The molecule has 0 aliphatic carbocycles. The van der Waals surface area contributed by atoms with Gasteiger partial charge in [0, 0.05) is 13.1 Å². The molecule has 0 unspecified atom stereocenters. The smallest absolute Gasteiger partial charge is 0.351 e. The summed E-state index contributed by atoms with van der Waals surface area (Å²) in [6.07, 6.45) is -11.4. The van der Waals surface area contributed by atoms with Gasteiger partial charge in [0.15, 0.2) is 0 Å². The van der Waals surface area contributed by atoms with Crippen LogP contribution in [-0.4, -0.2) is 18.3 Å². The molecule has 9 heteroatoms. The maximum Gasteiger partial charge on any atom is 0.409 e. The Kier molecular flexibility index (Phi) is 5.21. The van der Waals surface area contributed by atoms with Crippen molar-refractivity contribution in [3.05, 3.63) is 35.4 Å². The number of carbonyl (C=O) groups is 1. The van der Waals surface area contributed by atoms with Crippen LogP contribution in [0.25, 0.3) is 0 Å². The zero-order valence-corrected chi connectivity index (χ0v) is 10.6. The van der Waals surface area contributed by atoms with Gasteiger partial charge in [-0.15, -0.1) is 0 Å². The predicted molar refractivity (Wildman–Crippen MR) is 61.8 cm³/mol. The number of halogens is 6. The molecule has 21 heavy (non-hydrogen) atoms. The Bertz CT molecular complexity index is 483. The molecule has 0 spiro atoms. The molecule has 0 aliphatic rings. The van der Waals surface area contributed by atoms with E-state index in [0.717, 1.165) is 0 Å². The van der Waals surface area contributed by atoms with Crippen molar-refractivity contribution in [3.8, 4) is 0 Å². The molecule has 3 N–H and O–H groups in total. The fourth-order valence-electron chi connectivity index (χ4n) is 1.70. The van der Waals surface area contributed by atoms with E-state index >= 15 is 0 Å². The summed E-state index contributed by atoms with van der Waals surface area (Å²) in [4.78, 5) is 11.2. The summed E-state index contributed by atoms with van der Waals surface area (Å²) in [7, 11) is 0. The Morgan fingerprint density at radius 3 is 1.95 bits per heavy atom.